The molecule has 5 aromatic rings. The van der Waals surface area contributed by atoms with E-state index in [1.807, 2.05) is 42.2 Å². The van der Waals surface area contributed by atoms with Crippen molar-refractivity contribution in [3.8, 4) is 17.4 Å². The number of carbonyl (C=O) groups is 1. The van der Waals surface area contributed by atoms with Gasteiger partial charge in [0.1, 0.15) is 12.4 Å². The van der Waals surface area contributed by atoms with Gasteiger partial charge < -0.3 is 19.1 Å². The topological polar surface area (TPSA) is 64.1 Å². The summed E-state index contributed by atoms with van der Waals surface area (Å²) >= 11 is 12.8. The molecule has 0 aliphatic carbocycles. The first-order chi connectivity index (χ1) is 25.3. The molecule has 9 heteroatoms. The molecule has 0 N–H and O–H groups in total. The third-order valence-corrected chi connectivity index (χ3v) is 9.63. The molecule has 1 aliphatic heterocycles. The molecule has 52 heavy (non-hydrogen) atoms. The van der Waals surface area contributed by atoms with Crippen molar-refractivity contribution in [1.29, 1.82) is 0 Å². The van der Waals surface area contributed by atoms with Crippen molar-refractivity contribution in [2.75, 3.05) is 32.8 Å². The Bertz CT molecular complexity index is 1930. The van der Waals surface area contributed by atoms with E-state index in [1.54, 1.807) is 36.5 Å². The van der Waals surface area contributed by atoms with E-state index in [1.165, 1.54) is 22.3 Å². The van der Waals surface area contributed by atoms with Crippen molar-refractivity contribution in [3.05, 3.63) is 158 Å². The van der Waals surface area contributed by atoms with Gasteiger partial charge in [0.2, 0.25) is 11.8 Å². The lowest BCUT2D eigenvalue weighted by Gasteiger charge is -2.34. The highest BCUT2D eigenvalue weighted by Gasteiger charge is 2.20. The SMILES string of the molecule is Cc1ccc(COCCc2ccc(CN3CCN(C(=O)C=Cc4cc(C)c(Oc5ccc(OCc6ccccc6Cl)cn5)c(Cl)c4)CC3)cc2)cc1. The number of amides is 1. The number of benzene rings is 4. The van der Waals surface area contributed by atoms with Gasteiger partial charge in [-0.15, -0.1) is 0 Å². The van der Waals surface area contributed by atoms with Gasteiger partial charge >= 0.3 is 0 Å². The van der Waals surface area contributed by atoms with Crippen LogP contribution in [-0.4, -0.2) is 53.5 Å². The number of carbonyl (C=O) groups excluding carboxylic acids is 1. The average Bonchev–Trinajstić information content (AvgIpc) is 3.16. The Balaban J connectivity index is 0.921. The third-order valence-electron chi connectivity index (χ3n) is 8.98. The monoisotopic (exact) mass is 735 g/mol. The minimum absolute atomic E-state index is 0.0104. The van der Waals surface area contributed by atoms with E-state index in [4.69, 9.17) is 37.4 Å². The number of pyridine rings is 1. The zero-order chi connectivity index (χ0) is 36.3. The van der Waals surface area contributed by atoms with Gasteiger partial charge in [-0.1, -0.05) is 95.5 Å². The zero-order valence-corrected chi connectivity index (χ0v) is 31.1. The smallest absolute Gasteiger partial charge is 0.246 e. The Morgan fingerprint density at radius 3 is 2.25 bits per heavy atom. The molecule has 268 valence electrons. The van der Waals surface area contributed by atoms with E-state index < -0.39 is 0 Å². The zero-order valence-electron chi connectivity index (χ0n) is 29.6. The quantitative estimate of drug-likeness (QED) is 0.0837. The number of ether oxygens (including phenoxy) is 3. The van der Waals surface area contributed by atoms with Crippen LogP contribution in [-0.2, 0) is 35.7 Å². The minimum Gasteiger partial charge on any atom is -0.487 e. The summed E-state index contributed by atoms with van der Waals surface area (Å²) in [5.41, 5.74) is 7.54. The summed E-state index contributed by atoms with van der Waals surface area (Å²) in [7, 11) is 0. The van der Waals surface area contributed by atoms with E-state index in [2.05, 4.69) is 65.3 Å². The molecule has 1 aromatic heterocycles. The Labute approximate surface area is 316 Å². The highest BCUT2D eigenvalue weighted by molar-refractivity contribution is 6.32. The molecule has 1 amide bonds. The number of aromatic nitrogens is 1. The largest absolute Gasteiger partial charge is 0.487 e. The second-order valence-electron chi connectivity index (χ2n) is 13.0. The first-order valence-electron chi connectivity index (χ1n) is 17.5. The standard InChI is InChI=1S/C43H43Cl2N3O4/c1-31-7-9-35(10-8-31)29-50-24-19-33-11-13-34(14-12-33)28-47-20-22-48(23-21-47)42(49)18-15-36-25-32(2)43(40(45)26-36)52-41-17-16-38(27-46-41)51-30-37-5-3-4-6-39(37)44/h3-18,25-27H,19-24,28-30H2,1-2H3. The molecule has 0 spiro atoms. The average molecular weight is 737 g/mol. The van der Waals surface area contributed by atoms with Crippen molar-refractivity contribution in [1.82, 2.24) is 14.8 Å². The molecule has 1 aliphatic rings. The summed E-state index contributed by atoms with van der Waals surface area (Å²) in [4.78, 5) is 21.7. The van der Waals surface area contributed by atoms with Crippen LogP contribution in [0.3, 0.4) is 0 Å². The van der Waals surface area contributed by atoms with Crippen LogP contribution >= 0.6 is 23.2 Å². The van der Waals surface area contributed by atoms with E-state index >= 15 is 0 Å². The summed E-state index contributed by atoms with van der Waals surface area (Å²) in [6.45, 7) is 9.56. The highest BCUT2D eigenvalue weighted by Crippen LogP contribution is 2.34. The molecule has 6 rings (SSSR count). The molecule has 0 bridgehead atoms. The number of hydrogen-bond acceptors (Lipinski definition) is 6. The van der Waals surface area contributed by atoms with Gasteiger partial charge in [-0.3, -0.25) is 9.69 Å². The van der Waals surface area contributed by atoms with Gasteiger partial charge in [-0.2, -0.15) is 0 Å². The Morgan fingerprint density at radius 2 is 1.54 bits per heavy atom. The minimum atomic E-state index is -0.0104. The fourth-order valence-electron chi connectivity index (χ4n) is 5.91. The van der Waals surface area contributed by atoms with E-state index in [-0.39, 0.29) is 5.91 Å². The second kappa shape index (κ2) is 18.2. The Morgan fingerprint density at radius 1 is 0.808 bits per heavy atom. The van der Waals surface area contributed by atoms with Crippen molar-refractivity contribution >= 4 is 35.2 Å². The van der Waals surface area contributed by atoms with E-state index in [9.17, 15) is 4.79 Å². The molecule has 0 saturated carbocycles. The van der Waals surface area contributed by atoms with Crippen LogP contribution < -0.4 is 9.47 Å². The van der Waals surface area contributed by atoms with Crippen LogP contribution in [0.15, 0.2) is 109 Å². The van der Waals surface area contributed by atoms with Crippen molar-refractivity contribution in [2.24, 2.45) is 0 Å². The fraction of sp³-hybridized carbons (Fsp3) is 0.256. The van der Waals surface area contributed by atoms with Crippen LogP contribution in [0.1, 0.15) is 38.9 Å². The van der Waals surface area contributed by atoms with Crippen LogP contribution in [0.4, 0.5) is 0 Å². The molecule has 1 saturated heterocycles. The maximum Gasteiger partial charge on any atom is 0.246 e. The van der Waals surface area contributed by atoms with Crippen molar-refractivity contribution in [2.45, 2.75) is 40.0 Å². The number of hydrogen-bond donors (Lipinski definition) is 0. The van der Waals surface area contributed by atoms with Crippen molar-refractivity contribution in [3.63, 3.8) is 0 Å². The molecular formula is C43H43Cl2N3O4. The van der Waals surface area contributed by atoms with E-state index in [0.717, 1.165) is 42.7 Å². The first kappa shape index (κ1) is 37.1. The number of halogens is 2. The fourth-order valence-corrected chi connectivity index (χ4v) is 6.41. The highest BCUT2D eigenvalue weighted by atomic mass is 35.5. The third kappa shape index (κ3) is 10.7. The molecular weight excluding hydrogens is 693 g/mol. The van der Waals surface area contributed by atoms with Gasteiger partial charge in [0.15, 0.2) is 5.75 Å². The number of aryl methyl sites for hydroxylation is 2. The molecule has 7 nitrogen and oxygen atoms in total. The van der Waals surface area contributed by atoms with Gasteiger partial charge in [0.25, 0.3) is 0 Å². The van der Waals surface area contributed by atoms with Crippen molar-refractivity contribution < 1.29 is 19.0 Å². The molecule has 0 radical (unpaired) electrons. The Kier molecular flexibility index (Phi) is 13.0. The molecule has 0 atom stereocenters. The van der Waals surface area contributed by atoms with Crippen LogP contribution in [0.25, 0.3) is 6.08 Å². The molecule has 4 aromatic carbocycles. The van der Waals surface area contributed by atoms with Gasteiger partial charge in [-0.05, 0) is 78.4 Å². The molecule has 1 fully saturated rings. The first-order valence-corrected chi connectivity index (χ1v) is 18.3. The second-order valence-corrected chi connectivity index (χ2v) is 13.8. The predicted octanol–water partition coefficient (Wildman–Crippen LogP) is 9.49. The lowest BCUT2D eigenvalue weighted by Crippen LogP contribution is -2.47. The van der Waals surface area contributed by atoms with Gasteiger partial charge in [0.05, 0.1) is 24.4 Å². The Hall–Kier alpha value is -4.66. The predicted molar refractivity (Wildman–Crippen MR) is 208 cm³/mol. The summed E-state index contributed by atoms with van der Waals surface area (Å²) in [6.07, 6.45) is 5.91. The maximum absolute atomic E-state index is 13.1. The molecule has 2 heterocycles. The number of nitrogens with zero attached hydrogens (tertiary/aromatic N) is 3. The van der Waals surface area contributed by atoms with E-state index in [0.29, 0.717) is 60.3 Å². The maximum atomic E-state index is 13.1. The molecule has 0 unspecified atom stereocenters. The summed E-state index contributed by atoms with van der Waals surface area (Å²) in [6, 6.07) is 32.0. The summed E-state index contributed by atoms with van der Waals surface area (Å²) in [5.74, 6) is 1.48. The normalized spacial score (nSPS) is 13.4. The number of piperazine rings is 1. The lowest BCUT2D eigenvalue weighted by atomic mass is 10.1. The summed E-state index contributed by atoms with van der Waals surface area (Å²) in [5, 5.41) is 1.09. The summed E-state index contributed by atoms with van der Waals surface area (Å²) < 4.78 is 17.7. The van der Waals surface area contributed by atoms with Crippen LogP contribution in [0.2, 0.25) is 10.0 Å². The number of rotatable bonds is 14. The van der Waals surface area contributed by atoms with Gasteiger partial charge in [-0.25, -0.2) is 4.98 Å². The van der Waals surface area contributed by atoms with Gasteiger partial charge in [0, 0.05) is 55.5 Å². The lowest BCUT2D eigenvalue weighted by molar-refractivity contribution is -0.127. The van der Waals surface area contributed by atoms with Crippen LogP contribution in [0, 0.1) is 13.8 Å². The van der Waals surface area contributed by atoms with Crippen LogP contribution in [0.5, 0.6) is 17.4 Å².